The summed E-state index contributed by atoms with van der Waals surface area (Å²) in [5.41, 5.74) is 10.1. The lowest BCUT2D eigenvalue weighted by atomic mass is 10.0. The minimum atomic E-state index is 0.605. The predicted octanol–water partition coefficient (Wildman–Crippen LogP) is 2.20. The molecule has 1 aromatic heterocycles. The van der Waals surface area contributed by atoms with Gasteiger partial charge in [-0.25, -0.2) is 4.98 Å². The molecule has 0 aliphatic carbocycles. The fourth-order valence-corrected chi connectivity index (χ4v) is 2.07. The Bertz CT molecular complexity index is 546. The van der Waals surface area contributed by atoms with E-state index in [0.29, 0.717) is 6.54 Å². The summed E-state index contributed by atoms with van der Waals surface area (Å²) in [7, 11) is 1.69. The highest BCUT2D eigenvalue weighted by Crippen LogP contribution is 2.29. The van der Waals surface area contributed by atoms with Gasteiger partial charge in [0.05, 0.1) is 19.0 Å². The quantitative estimate of drug-likeness (QED) is 0.868. The summed E-state index contributed by atoms with van der Waals surface area (Å²) < 4.78 is 5.32. The van der Waals surface area contributed by atoms with Crippen molar-refractivity contribution in [1.29, 1.82) is 0 Å². The van der Waals surface area contributed by atoms with E-state index in [9.17, 15) is 0 Å². The number of methoxy groups -OCH3 is 1. The van der Waals surface area contributed by atoms with Gasteiger partial charge in [0.2, 0.25) is 0 Å². The second kappa shape index (κ2) is 5.23. The molecule has 4 nitrogen and oxygen atoms in total. The number of nitrogens with two attached hydrogens (primary N) is 1. The number of aromatic nitrogens is 2. The van der Waals surface area contributed by atoms with E-state index in [-0.39, 0.29) is 0 Å². The van der Waals surface area contributed by atoms with E-state index in [4.69, 9.17) is 10.5 Å². The van der Waals surface area contributed by atoms with Gasteiger partial charge in [-0.05, 0) is 43.7 Å². The molecule has 0 unspecified atom stereocenters. The molecule has 0 aliphatic heterocycles. The summed E-state index contributed by atoms with van der Waals surface area (Å²) in [5, 5.41) is 0. The Morgan fingerprint density at radius 3 is 2.72 bits per heavy atom. The van der Waals surface area contributed by atoms with Crippen LogP contribution in [0.4, 0.5) is 0 Å². The zero-order valence-electron chi connectivity index (χ0n) is 11.1. The molecule has 0 fully saturated rings. The maximum absolute atomic E-state index is 5.52. The summed E-state index contributed by atoms with van der Waals surface area (Å²) in [4.78, 5) is 7.63. The Morgan fingerprint density at radius 2 is 2.06 bits per heavy atom. The van der Waals surface area contributed by atoms with Crippen LogP contribution >= 0.6 is 0 Å². The van der Waals surface area contributed by atoms with Gasteiger partial charge in [0, 0.05) is 12.0 Å². The molecule has 0 atom stereocenters. The lowest BCUT2D eigenvalue weighted by Gasteiger charge is -2.11. The van der Waals surface area contributed by atoms with Crippen LogP contribution in [-0.2, 0) is 6.42 Å². The van der Waals surface area contributed by atoms with Crippen molar-refractivity contribution in [2.24, 2.45) is 5.73 Å². The second-order valence-electron chi connectivity index (χ2n) is 4.35. The van der Waals surface area contributed by atoms with Gasteiger partial charge in [0.15, 0.2) is 0 Å². The van der Waals surface area contributed by atoms with Crippen LogP contribution in [0.2, 0.25) is 0 Å². The second-order valence-corrected chi connectivity index (χ2v) is 4.35. The minimum absolute atomic E-state index is 0.605. The monoisotopic (exact) mass is 245 g/mol. The van der Waals surface area contributed by atoms with Gasteiger partial charge in [-0.1, -0.05) is 0 Å². The van der Waals surface area contributed by atoms with Crippen LogP contribution in [0.1, 0.15) is 17.0 Å². The molecular weight excluding hydrogens is 226 g/mol. The molecular formula is C14H19N3O. The summed E-state index contributed by atoms with van der Waals surface area (Å²) in [6.07, 6.45) is 2.63. The SMILES string of the molecule is COc1ccc(-c2cnc(CCN)[nH]2)c(C)c1C. The van der Waals surface area contributed by atoms with E-state index in [1.165, 1.54) is 5.56 Å². The molecule has 2 aromatic rings. The highest BCUT2D eigenvalue weighted by atomic mass is 16.5. The van der Waals surface area contributed by atoms with Crippen molar-refractivity contribution in [1.82, 2.24) is 9.97 Å². The standard InChI is InChI=1S/C14H19N3O/c1-9-10(2)13(18-3)5-4-11(9)12-8-16-14(17-12)6-7-15/h4-5,8H,6-7,15H2,1-3H3,(H,16,17). The fourth-order valence-electron chi connectivity index (χ4n) is 2.07. The summed E-state index contributed by atoms with van der Waals surface area (Å²) >= 11 is 0. The molecule has 18 heavy (non-hydrogen) atoms. The number of nitrogens with zero attached hydrogens (tertiary/aromatic N) is 1. The Kier molecular flexibility index (Phi) is 3.67. The van der Waals surface area contributed by atoms with E-state index in [1.54, 1.807) is 7.11 Å². The van der Waals surface area contributed by atoms with E-state index >= 15 is 0 Å². The molecule has 3 N–H and O–H groups in total. The van der Waals surface area contributed by atoms with E-state index in [0.717, 1.165) is 34.8 Å². The van der Waals surface area contributed by atoms with Gasteiger partial charge in [0.25, 0.3) is 0 Å². The van der Waals surface area contributed by atoms with E-state index in [2.05, 4.69) is 29.9 Å². The Labute approximate surface area is 107 Å². The number of H-pyrrole nitrogens is 1. The molecule has 0 spiro atoms. The van der Waals surface area contributed by atoms with Crippen LogP contribution < -0.4 is 10.5 Å². The van der Waals surface area contributed by atoms with Crippen molar-refractivity contribution in [3.8, 4) is 17.0 Å². The van der Waals surface area contributed by atoms with Gasteiger partial charge in [-0.2, -0.15) is 0 Å². The highest BCUT2D eigenvalue weighted by Gasteiger charge is 2.10. The third-order valence-electron chi connectivity index (χ3n) is 3.26. The maximum Gasteiger partial charge on any atom is 0.122 e. The zero-order chi connectivity index (χ0) is 13.1. The molecule has 0 aliphatic rings. The smallest absolute Gasteiger partial charge is 0.122 e. The zero-order valence-corrected chi connectivity index (χ0v) is 11.1. The van der Waals surface area contributed by atoms with Crippen molar-refractivity contribution in [3.63, 3.8) is 0 Å². The molecule has 0 saturated heterocycles. The maximum atomic E-state index is 5.52. The van der Waals surface area contributed by atoms with Gasteiger partial charge < -0.3 is 15.5 Å². The Hall–Kier alpha value is -1.81. The van der Waals surface area contributed by atoms with Crippen molar-refractivity contribution in [3.05, 3.63) is 35.3 Å². The predicted molar refractivity (Wildman–Crippen MR) is 72.8 cm³/mol. The molecule has 1 heterocycles. The first-order chi connectivity index (χ1) is 8.67. The van der Waals surface area contributed by atoms with Crippen molar-refractivity contribution in [2.45, 2.75) is 20.3 Å². The lowest BCUT2D eigenvalue weighted by molar-refractivity contribution is 0.411. The van der Waals surface area contributed by atoms with E-state index < -0.39 is 0 Å². The lowest BCUT2D eigenvalue weighted by Crippen LogP contribution is -2.03. The normalized spacial score (nSPS) is 10.7. The van der Waals surface area contributed by atoms with Crippen LogP contribution in [0, 0.1) is 13.8 Å². The van der Waals surface area contributed by atoms with Crippen LogP contribution in [0.3, 0.4) is 0 Å². The van der Waals surface area contributed by atoms with Crippen LogP contribution in [0.5, 0.6) is 5.75 Å². The first-order valence-electron chi connectivity index (χ1n) is 6.06. The van der Waals surface area contributed by atoms with Gasteiger partial charge in [-0.15, -0.1) is 0 Å². The molecule has 0 radical (unpaired) electrons. The molecule has 0 amide bonds. The number of ether oxygens (including phenoxy) is 1. The number of aromatic amines is 1. The Balaban J connectivity index is 2.41. The summed E-state index contributed by atoms with van der Waals surface area (Å²) in [6, 6.07) is 4.04. The number of hydrogen-bond donors (Lipinski definition) is 2. The third-order valence-corrected chi connectivity index (χ3v) is 3.26. The fraction of sp³-hybridized carbons (Fsp3) is 0.357. The first-order valence-corrected chi connectivity index (χ1v) is 6.06. The molecule has 4 heteroatoms. The number of hydrogen-bond acceptors (Lipinski definition) is 3. The molecule has 2 rings (SSSR count). The van der Waals surface area contributed by atoms with Gasteiger partial charge in [0.1, 0.15) is 11.6 Å². The first kappa shape index (κ1) is 12.6. The molecule has 96 valence electrons. The minimum Gasteiger partial charge on any atom is -0.496 e. The van der Waals surface area contributed by atoms with Crippen LogP contribution in [0.15, 0.2) is 18.3 Å². The average molecular weight is 245 g/mol. The molecule has 0 saturated carbocycles. The molecule has 0 bridgehead atoms. The highest BCUT2D eigenvalue weighted by molar-refractivity contribution is 5.66. The average Bonchev–Trinajstić information content (AvgIpc) is 2.81. The number of rotatable bonds is 4. The Morgan fingerprint density at radius 1 is 1.28 bits per heavy atom. The molecule has 1 aromatic carbocycles. The van der Waals surface area contributed by atoms with Crippen LogP contribution in [0.25, 0.3) is 11.3 Å². The van der Waals surface area contributed by atoms with Gasteiger partial charge in [-0.3, -0.25) is 0 Å². The van der Waals surface area contributed by atoms with Crippen molar-refractivity contribution >= 4 is 0 Å². The largest absolute Gasteiger partial charge is 0.496 e. The summed E-state index contributed by atoms with van der Waals surface area (Å²) in [6.45, 7) is 4.76. The van der Waals surface area contributed by atoms with E-state index in [1.807, 2.05) is 12.3 Å². The third kappa shape index (κ3) is 2.24. The van der Waals surface area contributed by atoms with Crippen LogP contribution in [-0.4, -0.2) is 23.6 Å². The van der Waals surface area contributed by atoms with Crippen molar-refractivity contribution < 1.29 is 4.74 Å². The summed E-state index contributed by atoms with van der Waals surface area (Å²) in [5.74, 6) is 1.85. The number of imidazole rings is 1. The van der Waals surface area contributed by atoms with Crippen molar-refractivity contribution in [2.75, 3.05) is 13.7 Å². The topological polar surface area (TPSA) is 63.9 Å². The number of nitrogens with one attached hydrogen (secondary N) is 1. The van der Waals surface area contributed by atoms with Gasteiger partial charge >= 0.3 is 0 Å². The number of benzene rings is 1.